The lowest BCUT2D eigenvalue weighted by molar-refractivity contribution is 0.415. The van der Waals surface area contributed by atoms with E-state index in [9.17, 15) is 0 Å². The third-order valence-corrected chi connectivity index (χ3v) is 5.89. The number of thiazole rings is 1. The zero-order valence-electron chi connectivity index (χ0n) is 17.7. The normalized spacial score (nSPS) is 11.4. The van der Waals surface area contributed by atoms with Gasteiger partial charge < -0.3 is 15.8 Å². The van der Waals surface area contributed by atoms with Crippen LogP contribution in [0.25, 0.3) is 27.6 Å². The Morgan fingerprint density at radius 1 is 1.13 bits per heavy atom. The van der Waals surface area contributed by atoms with Gasteiger partial charge in [-0.25, -0.2) is 9.97 Å². The molecule has 2 aromatic heterocycles. The molecule has 0 amide bonds. The topological polar surface area (TPSA) is 98.8 Å². The summed E-state index contributed by atoms with van der Waals surface area (Å²) in [5.41, 5.74) is 11.7. The molecule has 8 heteroatoms. The molecule has 0 unspecified atom stereocenters. The molecule has 4 rings (SSSR count). The molecule has 3 N–H and O–H groups in total. The van der Waals surface area contributed by atoms with Crippen molar-refractivity contribution in [2.75, 3.05) is 19.0 Å². The van der Waals surface area contributed by atoms with Gasteiger partial charge in [-0.3, -0.25) is 0 Å². The summed E-state index contributed by atoms with van der Waals surface area (Å²) in [6.07, 6.45) is 5.67. The van der Waals surface area contributed by atoms with Crippen molar-refractivity contribution in [1.29, 1.82) is 0 Å². The van der Waals surface area contributed by atoms with Crippen LogP contribution >= 0.6 is 11.3 Å². The number of nitrogens with two attached hydrogens (primary N) is 1. The number of methoxy groups -OCH3 is 1. The smallest absolute Gasteiger partial charge is 0.243 e. The van der Waals surface area contributed by atoms with E-state index in [2.05, 4.69) is 51.5 Å². The van der Waals surface area contributed by atoms with Crippen LogP contribution in [-0.2, 0) is 6.54 Å². The number of rotatable bonds is 7. The quantitative estimate of drug-likeness (QED) is 0.448. The van der Waals surface area contributed by atoms with Gasteiger partial charge in [0.15, 0.2) is 0 Å². The van der Waals surface area contributed by atoms with Crippen molar-refractivity contribution >= 4 is 33.6 Å². The molecule has 0 atom stereocenters. The molecule has 2 aromatic carbocycles. The molecule has 31 heavy (non-hydrogen) atoms. The van der Waals surface area contributed by atoms with Gasteiger partial charge in [0.2, 0.25) is 5.95 Å². The Hall–Kier alpha value is -3.36. The van der Waals surface area contributed by atoms with Gasteiger partial charge in [0.05, 0.1) is 35.8 Å². The molecule has 7 nitrogen and oxygen atoms in total. The zero-order valence-corrected chi connectivity index (χ0v) is 18.5. The first kappa shape index (κ1) is 20.9. The average molecular weight is 433 g/mol. The van der Waals surface area contributed by atoms with Crippen molar-refractivity contribution < 1.29 is 4.74 Å². The van der Waals surface area contributed by atoms with Gasteiger partial charge in [-0.2, -0.15) is 5.10 Å². The number of ether oxygens (including phenoxy) is 1. The summed E-state index contributed by atoms with van der Waals surface area (Å²) in [5.74, 6) is 1.27. The number of hydrogen-bond acceptors (Lipinski definition) is 8. The van der Waals surface area contributed by atoms with E-state index < -0.39 is 0 Å². The van der Waals surface area contributed by atoms with E-state index in [1.165, 1.54) is 0 Å². The molecule has 0 spiro atoms. The van der Waals surface area contributed by atoms with E-state index in [1.54, 1.807) is 24.6 Å². The lowest BCUT2D eigenvalue weighted by Crippen LogP contribution is -2.05. The minimum absolute atomic E-state index is 0.472. The van der Waals surface area contributed by atoms with Crippen molar-refractivity contribution in [3.05, 3.63) is 64.3 Å². The predicted octanol–water partition coefficient (Wildman–Crippen LogP) is 4.36. The maximum Gasteiger partial charge on any atom is 0.243 e. The van der Waals surface area contributed by atoms with Crippen molar-refractivity contribution in [3.63, 3.8) is 0 Å². The highest BCUT2D eigenvalue weighted by Gasteiger charge is 2.11. The van der Waals surface area contributed by atoms with Crippen LogP contribution in [0.4, 0.5) is 5.95 Å². The monoisotopic (exact) mass is 432 g/mol. The summed E-state index contributed by atoms with van der Waals surface area (Å²) < 4.78 is 6.38. The second-order valence-electron chi connectivity index (χ2n) is 7.13. The molecule has 0 saturated carbocycles. The van der Waals surface area contributed by atoms with Crippen molar-refractivity contribution in [1.82, 2.24) is 20.2 Å². The van der Waals surface area contributed by atoms with Crippen molar-refractivity contribution in [2.24, 2.45) is 5.73 Å². The van der Waals surface area contributed by atoms with Crippen LogP contribution in [0.5, 0.6) is 5.75 Å². The van der Waals surface area contributed by atoms with Gasteiger partial charge in [-0.05, 0) is 42.7 Å². The molecule has 0 aliphatic heterocycles. The molecule has 4 aromatic rings. The lowest BCUT2D eigenvalue weighted by atomic mass is 9.97. The number of anilines is 1. The molecule has 0 bridgehead atoms. The summed E-state index contributed by atoms with van der Waals surface area (Å²) in [6.45, 7) is 5.19. The first-order valence-electron chi connectivity index (χ1n) is 9.92. The van der Waals surface area contributed by atoms with Crippen molar-refractivity contribution in [2.45, 2.75) is 20.4 Å². The van der Waals surface area contributed by atoms with Crippen LogP contribution < -0.4 is 15.8 Å². The SMILES string of the molecule is COc1ccc2sc(CNc3nncc(-c4c(C)cc(C=CCN)cc4C)n3)nc2c1. The Kier molecular flexibility index (Phi) is 6.20. The lowest BCUT2D eigenvalue weighted by Gasteiger charge is -2.11. The zero-order chi connectivity index (χ0) is 21.8. The van der Waals surface area contributed by atoms with E-state index in [1.807, 2.05) is 30.4 Å². The maximum atomic E-state index is 5.57. The Morgan fingerprint density at radius 2 is 1.94 bits per heavy atom. The van der Waals surface area contributed by atoms with Gasteiger partial charge >= 0.3 is 0 Å². The van der Waals surface area contributed by atoms with Crippen LogP contribution in [0.2, 0.25) is 0 Å². The molecule has 0 aliphatic carbocycles. The Morgan fingerprint density at radius 3 is 2.68 bits per heavy atom. The van der Waals surface area contributed by atoms with E-state index >= 15 is 0 Å². The van der Waals surface area contributed by atoms with Gasteiger partial charge in [0.25, 0.3) is 0 Å². The Labute approximate surface area is 185 Å². The Bertz CT molecular complexity index is 1230. The number of fused-ring (bicyclic) bond motifs is 1. The molecule has 0 radical (unpaired) electrons. The second kappa shape index (κ2) is 9.20. The third-order valence-electron chi connectivity index (χ3n) is 4.85. The van der Waals surface area contributed by atoms with Gasteiger partial charge in [0, 0.05) is 18.2 Å². The molecule has 158 valence electrons. The highest BCUT2D eigenvalue weighted by molar-refractivity contribution is 7.18. The van der Waals surface area contributed by atoms with Crippen LogP contribution in [0.1, 0.15) is 21.7 Å². The summed E-state index contributed by atoms with van der Waals surface area (Å²) in [6, 6.07) is 10.1. The van der Waals surface area contributed by atoms with Crippen LogP contribution in [0.15, 0.2) is 42.6 Å². The first-order valence-corrected chi connectivity index (χ1v) is 10.7. The summed E-state index contributed by atoms with van der Waals surface area (Å²) in [4.78, 5) is 9.35. The van der Waals surface area contributed by atoms with E-state index in [-0.39, 0.29) is 0 Å². The molecular formula is C23H24N6OS. The van der Waals surface area contributed by atoms with Gasteiger partial charge in [-0.15, -0.1) is 16.4 Å². The highest BCUT2D eigenvalue weighted by atomic mass is 32.1. The number of aryl methyl sites for hydroxylation is 2. The molecule has 0 saturated heterocycles. The van der Waals surface area contributed by atoms with E-state index in [0.717, 1.165) is 48.9 Å². The number of nitrogens with zero attached hydrogens (tertiary/aromatic N) is 4. The van der Waals surface area contributed by atoms with E-state index in [0.29, 0.717) is 19.0 Å². The fraction of sp³-hybridized carbons (Fsp3) is 0.217. The largest absolute Gasteiger partial charge is 0.497 e. The summed E-state index contributed by atoms with van der Waals surface area (Å²) >= 11 is 1.63. The predicted molar refractivity (Wildman–Crippen MR) is 126 cm³/mol. The van der Waals surface area contributed by atoms with Crippen LogP contribution in [-0.4, -0.2) is 33.8 Å². The maximum absolute atomic E-state index is 5.57. The molecule has 0 fully saturated rings. The average Bonchev–Trinajstić information content (AvgIpc) is 3.18. The third kappa shape index (κ3) is 4.70. The minimum Gasteiger partial charge on any atom is -0.497 e. The molecule has 2 heterocycles. The van der Waals surface area contributed by atoms with Crippen molar-refractivity contribution in [3.8, 4) is 17.0 Å². The van der Waals surface area contributed by atoms with Gasteiger partial charge in [0.1, 0.15) is 10.8 Å². The number of hydrogen-bond donors (Lipinski definition) is 2. The number of nitrogens with one attached hydrogen (secondary N) is 1. The van der Waals surface area contributed by atoms with Gasteiger partial charge in [-0.1, -0.05) is 24.3 Å². The molecule has 0 aliphatic rings. The molecular weight excluding hydrogens is 408 g/mol. The summed E-state index contributed by atoms with van der Waals surface area (Å²) in [5, 5.41) is 12.5. The summed E-state index contributed by atoms with van der Waals surface area (Å²) in [7, 11) is 1.65. The standard InChI is InChI=1S/C23H24N6OS/c1-14-9-16(5-4-8-24)10-15(2)22(14)19-12-26-29-23(28-19)25-13-21-27-18-11-17(30-3)6-7-20(18)31-21/h4-7,9-12H,8,13,24H2,1-3H3,(H,25,28,29). The second-order valence-corrected chi connectivity index (χ2v) is 8.24. The van der Waals surface area contributed by atoms with Crippen LogP contribution in [0.3, 0.4) is 0 Å². The number of benzene rings is 2. The Balaban J connectivity index is 1.54. The fourth-order valence-corrected chi connectivity index (χ4v) is 4.40. The number of aromatic nitrogens is 4. The minimum atomic E-state index is 0.472. The fourth-order valence-electron chi connectivity index (χ4n) is 3.51. The first-order chi connectivity index (χ1) is 15.1. The van der Waals surface area contributed by atoms with E-state index in [4.69, 9.17) is 10.5 Å². The highest BCUT2D eigenvalue weighted by Crippen LogP contribution is 2.28. The van der Waals surface area contributed by atoms with Crippen LogP contribution in [0, 0.1) is 13.8 Å².